The molecular weight excluding hydrogens is 276 g/mol. The molecule has 3 heterocycles. The third kappa shape index (κ3) is 2.25. The van der Waals surface area contributed by atoms with Crippen molar-refractivity contribution in [3.05, 3.63) is 29.0 Å². The fourth-order valence-electron chi connectivity index (χ4n) is 2.53. The van der Waals surface area contributed by atoms with E-state index in [1.165, 1.54) is 11.3 Å². The van der Waals surface area contributed by atoms with E-state index < -0.39 is 0 Å². The van der Waals surface area contributed by atoms with Gasteiger partial charge in [-0.3, -0.25) is 4.79 Å². The van der Waals surface area contributed by atoms with Gasteiger partial charge in [-0.05, 0) is 31.9 Å². The summed E-state index contributed by atoms with van der Waals surface area (Å²) in [6, 6.07) is 3.56. The van der Waals surface area contributed by atoms with E-state index in [9.17, 15) is 9.90 Å². The maximum absolute atomic E-state index is 12.5. The Hall–Kier alpha value is -1.66. The van der Waals surface area contributed by atoms with E-state index >= 15 is 0 Å². The lowest BCUT2D eigenvalue weighted by Gasteiger charge is -2.22. The summed E-state index contributed by atoms with van der Waals surface area (Å²) in [4.78, 5) is 19.6. The first kappa shape index (κ1) is 13.3. The van der Waals surface area contributed by atoms with Crippen LogP contribution in [0.15, 0.2) is 22.8 Å². The minimum Gasteiger partial charge on any atom is -0.462 e. The largest absolute Gasteiger partial charge is 0.462 e. The summed E-state index contributed by atoms with van der Waals surface area (Å²) in [6.07, 6.45) is 3.39. The van der Waals surface area contributed by atoms with Gasteiger partial charge in [-0.15, -0.1) is 11.3 Å². The Kier molecular flexibility index (Phi) is 3.58. The standard InChI is InChI=1S/C14H16N2O3S/c1-9-12(14(18)16-6-2-4-10(16)8-17)15-13(20-9)11-5-3-7-19-11/h3,5,7,10,17H,2,4,6,8H2,1H3/t10-/m0/s1. The number of amides is 1. The molecule has 0 unspecified atom stereocenters. The zero-order chi connectivity index (χ0) is 14.1. The predicted molar refractivity (Wildman–Crippen MR) is 75.7 cm³/mol. The summed E-state index contributed by atoms with van der Waals surface area (Å²) >= 11 is 1.45. The van der Waals surface area contributed by atoms with Gasteiger partial charge in [-0.2, -0.15) is 0 Å². The first-order chi connectivity index (χ1) is 9.70. The summed E-state index contributed by atoms with van der Waals surface area (Å²) < 4.78 is 5.32. The quantitative estimate of drug-likeness (QED) is 0.942. The van der Waals surface area contributed by atoms with E-state index in [0.29, 0.717) is 18.0 Å². The van der Waals surface area contributed by atoms with Crippen molar-refractivity contribution in [2.45, 2.75) is 25.8 Å². The number of rotatable bonds is 3. The second-order valence-corrected chi connectivity index (χ2v) is 6.08. The fourth-order valence-corrected chi connectivity index (χ4v) is 3.40. The van der Waals surface area contributed by atoms with Crippen LogP contribution in [-0.2, 0) is 0 Å². The number of aliphatic hydroxyl groups is 1. The molecule has 3 rings (SSSR count). The van der Waals surface area contributed by atoms with Crippen molar-refractivity contribution < 1.29 is 14.3 Å². The molecule has 1 N–H and O–H groups in total. The van der Waals surface area contributed by atoms with Crippen molar-refractivity contribution in [3.63, 3.8) is 0 Å². The van der Waals surface area contributed by atoms with E-state index in [1.807, 2.05) is 13.0 Å². The molecule has 0 aliphatic carbocycles. The number of aryl methyl sites for hydroxylation is 1. The van der Waals surface area contributed by atoms with Gasteiger partial charge in [0.25, 0.3) is 5.91 Å². The number of thiazole rings is 1. The molecule has 20 heavy (non-hydrogen) atoms. The molecule has 0 saturated carbocycles. The van der Waals surface area contributed by atoms with Gasteiger partial charge in [0.15, 0.2) is 10.8 Å². The van der Waals surface area contributed by atoms with Crippen LogP contribution in [0.3, 0.4) is 0 Å². The molecule has 1 amide bonds. The van der Waals surface area contributed by atoms with E-state index in [1.54, 1.807) is 17.2 Å². The zero-order valence-corrected chi connectivity index (χ0v) is 12.0. The van der Waals surface area contributed by atoms with Crippen molar-refractivity contribution in [3.8, 4) is 10.8 Å². The molecule has 6 heteroatoms. The second-order valence-electron chi connectivity index (χ2n) is 4.88. The second kappa shape index (κ2) is 5.38. The highest BCUT2D eigenvalue weighted by Crippen LogP contribution is 2.29. The molecule has 2 aromatic heterocycles. The Morgan fingerprint density at radius 2 is 2.50 bits per heavy atom. The number of carbonyl (C=O) groups excluding carboxylic acids is 1. The van der Waals surface area contributed by atoms with Gasteiger partial charge in [0, 0.05) is 11.4 Å². The van der Waals surface area contributed by atoms with Gasteiger partial charge >= 0.3 is 0 Å². The van der Waals surface area contributed by atoms with Gasteiger partial charge < -0.3 is 14.4 Å². The molecule has 2 aromatic rings. The minimum absolute atomic E-state index is 0.0139. The third-order valence-corrected chi connectivity index (χ3v) is 4.57. The van der Waals surface area contributed by atoms with E-state index in [2.05, 4.69) is 4.98 Å². The molecule has 1 saturated heterocycles. The maximum Gasteiger partial charge on any atom is 0.273 e. The van der Waals surface area contributed by atoms with Crippen LogP contribution >= 0.6 is 11.3 Å². The number of carbonyl (C=O) groups is 1. The molecule has 0 spiro atoms. The lowest BCUT2D eigenvalue weighted by Crippen LogP contribution is -2.38. The number of likely N-dealkylation sites (tertiary alicyclic amines) is 1. The molecule has 0 aromatic carbocycles. The van der Waals surface area contributed by atoms with Crippen LogP contribution in [0.5, 0.6) is 0 Å². The Bertz CT molecular complexity index is 606. The SMILES string of the molecule is Cc1sc(-c2ccco2)nc1C(=O)N1CCC[C@H]1CO. The van der Waals surface area contributed by atoms with Gasteiger partial charge in [0.1, 0.15) is 5.69 Å². The first-order valence-electron chi connectivity index (χ1n) is 6.64. The highest BCUT2D eigenvalue weighted by Gasteiger charge is 2.31. The van der Waals surface area contributed by atoms with E-state index in [4.69, 9.17) is 4.42 Å². The smallest absolute Gasteiger partial charge is 0.273 e. The monoisotopic (exact) mass is 292 g/mol. The molecule has 1 atom stereocenters. The number of aromatic nitrogens is 1. The van der Waals surface area contributed by atoms with Crippen LogP contribution in [0.2, 0.25) is 0 Å². The van der Waals surface area contributed by atoms with Gasteiger partial charge in [0.2, 0.25) is 0 Å². The van der Waals surface area contributed by atoms with Crippen molar-refractivity contribution >= 4 is 17.2 Å². The summed E-state index contributed by atoms with van der Waals surface area (Å²) in [7, 11) is 0. The predicted octanol–water partition coefficient (Wildman–Crippen LogP) is 2.31. The van der Waals surface area contributed by atoms with Crippen LogP contribution in [0.4, 0.5) is 0 Å². The third-order valence-electron chi connectivity index (χ3n) is 3.58. The fraction of sp³-hybridized carbons (Fsp3) is 0.429. The summed E-state index contributed by atoms with van der Waals surface area (Å²) in [5.74, 6) is 0.588. The number of hydrogen-bond donors (Lipinski definition) is 1. The van der Waals surface area contributed by atoms with Crippen LogP contribution in [0, 0.1) is 6.92 Å². The summed E-state index contributed by atoms with van der Waals surface area (Å²) in [6.45, 7) is 2.60. The first-order valence-corrected chi connectivity index (χ1v) is 7.45. The number of furan rings is 1. The molecule has 1 aliphatic heterocycles. The van der Waals surface area contributed by atoms with Gasteiger partial charge in [0.05, 0.1) is 18.9 Å². The molecule has 1 aliphatic rings. The molecule has 106 valence electrons. The molecular formula is C14H16N2O3S. The normalized spacial score (nSPS) is 18.7. The number of nitrogens with zero attached hydrogens (tertiary/aromatic N) is 2. The molecule has 0 radical (unpaired) electrons. The average Bonchev–Trinajstić information content (AvgIpc) is 3.17. The highest BCUT2D eigenvalue weighted by molar-refractivity contribution is 7.15. The van der Waals surface area contributed by atoms with E-state index in [-0.39, 0.29) is 18.6 Å². The van der Waals surface area contributed by atoms with Crippen LogP contribution in [0.25, 0.3) is 10.8 Å². The minimum atomic E-state index is -0.0897. The maximum atomic E-state index is 12.5. The van der Waals surface area contributed by atoms with Crippen molar-refractivity contribution in [2.75, 3.05) is 13.2 Å². The lowest BCUT2D eigenvalue weighted by molar-refractivity contribution is 0.0672. The lowest BCUT2D eigenvalue weighted by atomic mass is 10.2. The van der Waals surface area contributed by atoms with Crippen molar-refractivity contribution in [2.24, 2.45) is 0 Å². The Labute approximate surface area is 120 Å². The molecule has 0 bridgehead atoms. The Balaban J connectivity index is 1.89. The van der Waals surface area contributed by atoms with Crippen LogP contribution in [-0.4, -0.2) is 40.1 Å². The topological polar surface area (TPSA) is 66.6 Å². The Morgan fingerprint density at radius 1 is 1.65 bits per heavy atom. The summed E-state index contributed by atoms with van der Waals surface area (Å²) in [5, 5.41) is 10.0. The van der Waals surface area contributed by atoms with Crippen LogP contribution in [0.1, 0.15) is 28.2 Å². The average molecular weight is 292 g/mol. The Morgan fingerprint density at radius 3 is 3.20 bits per heavy atom. The number of aliphatic hydroxyl groups excluding tert-OH is 1. The number of hydrogen-bond acceptors (Lipinski definition) is 5. The van der Waals surface area contributed by atoms with Gasteiger partial charge in [-0.25, -0.2) is 4.98 Å². The summed E-state index contributed by atoms with van der Waals surface area (Å²) in [5.41, 5.74) is 0.474. The van der Waals surface area contributed by atoms with Crippen molar-refractivity contribution in [1.82, 2.24) is 9.88 Å². The highest BCUT2D eigenvalue weighted by atomic mass is 32.1. The molecule has 5 nitrogen and oxygen atoms in total. The van der Waals surface area contributed by atoms with Gasteiger partial charge in [-0.1, -0.05) is 0 Å². The van der Waals surface area contributed by atoms with E-state index in [0.717, 1.165) is 22.7 Å². The zero-order valence-electron chi connectivity index (χ0n) is 11.2. The van der Waals surface area contributed by atoms with Crippen LogP contribution < -0.4 is 0 Å². The molecule has 1 fully saturated rings. The van der Waals surface area contributed by atoms with Crippen molar-refractivity contribution in [1.29, 1.82) is 0 Å².